The van der Waals surface area contributed by atoms with E-state index in [-0.39, 0.29) is 16.9 Å². The van der Waals surface area contributed by atoms with E-state index in [4.69, 9.17) is 0 Å². The average molecular weight is 311 g/mol. The lowest BCUT2D eigenvalue weighted by Crippen LogP contribution is -2.49. The van der Waals surface area contributed by atoms with Gasteiger partial charge in [-0.1, -0.05) is 45.7 Å². The van der Waals surface area contributed by atoms with E-state index in [0.717, 1.165) is 18.4 Å². The van der Waals surface area contributed by atoms with Crippen molar-refractivity contribution < 1.29 is 13.5 Å². The number of benzene rings is 1. The lowest BCUT2D eigenvalue weighted by atomic mass is 9.87. The molecule has 5 heteroatoms. The summed E-state index contributed by atoms with van der Waals surface area (Å²) in [6.07, 6.45) is 3.30. The number of hydrogen-bond acceptors (Lipinski definition) is 3. The first-order valence-electron chi connectivity index (χ1n) is 7.44. The largest absolute Gasteiger partial charge is 0.394 e. The summed E-state index contributed by atoms with van der Waals surface area (Å²) in [7, 11) is -3.59. The maximum atomic E-state index is 12.5. The molecule has 0 heterocycles. The van der Waals surface area contributed by atoms with Crippen LogP contribution in [0.25, 0.3) is 0 Å². The van der Waals surface area contributed by atoms with Crippen LogP contribution >= 0.6 is 0 Å². The Morgan fingerprint density at radius 2 is 1.67 bits per heavy atom. The molecule has 0 amide bonds. The topological polar surface area (TPSA) is 66.4 Å². The van der Waals surface area contributed by atoms with Gasteiger partial charge < -0.3 is 5.11 Å². The van der Waals surface area contributed by atoms with Crippen molar-refractivity contribution in [2.24, 2.45) is 0 Å². The number of rotatable bonds is 4. The lowest BCUT2D eigenvalue weighted by Gasteiger charge is -2.27. The van der Waals surface area contributed by atoms with E-state index in [1.165, 1.54) is 0 Å². The third-order valence-corrected chi connectivity index (χ3v) is 5.84. The minimum atomic E-state index is -3.59. The van der Waals surface area contributed by atoms with Gasteiger partial charge in [0.2, 0.25) is 10.0 Å². The first kappa shape index (κ1) is 16.5. The Hall–Kier alpha value is -0.910. The van der Waals surface area contributed by atoms with Gasteiger partial charge >= 0.3 is 0 Å². The number of sulfonamides is 1. The molecule has 1 fully saturated rings. The minimum Gasteiger partial charge on any atom is -0.394 e. The highest BCUT2D eigenvalue weighted by Gasteiger charge is 2.37. The molecule has 0 unspecified atom stereocenters. The van der Waals surface area contributed by atoms with Gasteiger partial charge in [0, 0.05) is 0 Å². The molecular weight excluding hydrogens is 286 g/mol. The molecule has 1 saturated carbocycles. The van der Waals surface area contributed by atoms with Gasteiger partial charge in [-0.2, -0.15) is 0 Å². The fourth-order valence-corrected chi connectivity index (χ4v) is 4.27. The van der Waals surface area contributed by atoms with Gasteiger partial charge in [0.05, 0.1) is 17.0 Å². The fourth-order valence-electron chi connectivity index (χ4n) is 2.82. The van der Waals surface area contributed by atoms with E-state index in [1.54, 1.807) is 12.1 Å². The highest BCUT2D eigenvalue weighted by atomic mass is 32.2. The van der Waals surface area contributed by atoms with Crippen LogP contribution < -0.4 is 4.72 Å². The summed E-state index contributed by atoms with van der Waals surface area (Å²) >= 11 is 0. The molecule has 2 rings (SSSR count). The third kappa shape index (κ3) is 3.65. The van der Waals surface area contributed by atoms with Crippen LogP contribution in [0, 0.1) is 0 Å². The Kier molecular flexibility index (Phi) is 4.47. The molecule has 21 heavy (non-hydrogen) atoms. The summed E-state index contributed by atoms with van der Waals surface area (Å²) in [6, 6.07) is 7.00. The highest BCUT2D eigenvalue weighted by molar-refractivity contribution is 7.89. The van der Waals surface area contributed by atoms with Crippen molar-refractivity contribution >= 4 is 10.0 Å². The fraction of sp³-hybridized carbons (Fsp3) is 0.625. The molecule has 0 saturated heterocycles. The Morgan fingerprint density at radius 3 is 2.10 bits per heavy atom. The monoisotopic (exact) mass is 311 g/mol. The van der Waals surface area contributed by atoms with Crippen molar-refractivity contribution in [2.45, 2.75) is 62.3 Å². The number of aliphatic hydroxyl groups is 1. The second-order valence-corrected chi connectivity index (χ2v) is 8.71. The van der Waals surface area contributed by atoms with Crippen molar-refractivity contribution in [2.75, 3.05) is 6.61 Å². The average Bonchev–Trinajstić information content (AvgIpc) is 2.86. The van der Waals surface area contributed by atoms with Crippen LogP contribution in [0.4, 0.5) is 0 Å². The molecule has 0 bridgehead atoms. The SMILES string of the molecule is CC(C)(C)c1ccc(S(=O)(=O)NC2(CO)CCCC2)cc1. The van der Waals surface area contributed by atoms with Crippen molar-refractivity contribution in [3.63, 3.8) is 0 Å². The standard InChI is InChI=1S/C16H25NO3S/c1-15(2,3)13-6-8-14(9-7-13)21(19,20)17-16(12-18)10-4-5-11-16/h6-9,17-18H,4-5,10-12H2,1-3H3. The summed E-state index contributed by atoms with van der Waals surface area (Å²) in [6.45, 7) is 6.13. The summed E-state index contributed by atoms with van der Waals surface area (Å²) in [4.78, 5) is 0.259. The maximum absolute atomic E-state index is 12.5. The second kappa shape index (κ2) is 5.71. The smallest absolute Gasteiger partial charge is 0.241 e. The summed E-state index contributed by atoms with van der Waals surface area (Å²) in [5, 5.41) is 9.55. The van der Waals surface area contributed by atoms with Crippen LogP contribution in [0.5, 0.6) is 0 Å². The van der Waals surface area contributed by atoms with E-state index in [0.29, 0.717) is 12.8 Å². The third-order valence-electron chi connectivity index (χ3n) is 4.24. The number of nitrogens with one attached hydrogen (secondary N) is 1. The molecule has 0 radical (unpaired) electrons. The molecule has 1 aliphatic rings. The van der Waals surface area contributed by atoms with Crippen molar-refractivity contribution in [3.8, 4) is 0 Å². The molecule has 1 aliphatic carbocycles. The predicted molar refractivity (Wildman–Crippen MR) is 83.7 cm³/mol. The molecule has 118 valence electrons. The first-order valence-corrected chi connectivity index (χ1v) is 8.92. The molecule has 0 aromatic heterocycles. The maximum Gasteiger partial charge on any atom is 0.241 e. The highest BCUT2D eigenvalue weighted by Crippen LogP contribution is 2.31. The van der Waals surface area contributed by atoms with Gasteiger partial charge in [-0.15, -0.1) is 0 Å². The molecule has 0 spiro atoms. The Labute approximate surface area is 127 Å². The van der Waals surface area contributed by atoms with Crippen molar-refractivity contribution in [1.29, 1.82) is 0 Å². The van der Waals surface area contributed by atoms with E-state index in [9.17, 15) is 13.5 Å². The van der Waals surface area contributed by atoms with E-state index >= 15 is 0 Å². The van der Waals surface area contributed by atoms with Crippen LogP contribution in [0.3, 0.4) is 0 Å². The van der Waals surface area contributed by atoms with Crippen LogP contribution in [0.1, 0.15) is 52.0 Å². The zero-order valence-electron chi connectivity index (χ0n) is 13.0. The van der Waals surface area contributed by atoms with Gasteiger partial charge in [-0.05, 0) is 36.0 Å². The normalized spacial score (nSPS) is 18.9. The Morgan fingerprint density at radius 1 is 1.14 bits per heavy atom. The van der Waals surface area contributed by atoms with Crippen molar-refractivity contribution in [3.05, 3.63) is 29.8 Å². The molecule has 2 N–H and O–H groups in total. The van der Waals surface area contributed by atoms with E-state index in [1.807, 2.05) is 12.1 Å². The first-order chi connectivity index (χ1) is 9.69. The van der Waals surface area contributed by atoms with E-state index < -0.39 is 15.6 Å². The minimum absolute atomic E-state index is 0.00645. The lowest BCUT2D eigenvalue weighted by molar-refractivity contribution is 0.185. The van der Waals surface area contributed by atoms with Crippen LogP contribution in [0.15, 0.2) is 29.2 Å². The predicted octanol–water partition coefficient (Wildman–Crippen LogP) is 2.57. The van der Waals surface area contributed by atoms with Gasteiger partial charge in [0.1, 0.15) is 0 Å². The molecule has 1 aromatic carbocycles. The zero-order chi connectivity index (χ0) is 15.7. The Bertz CT molecular complexity index is 579. The van der Waals surface area contributed by atoms with Gasteiger partial charge in [-0.3, -0.25) is 0 Å². The second-order valence-electron chi connectivity index (χ2n) is 7.03. The van der Waals surface area contributed by atoms with Crippen LogP contribution in [0.2, 0.25) is 0 Å². The van der Waals surface area contributed by atoms with Gasteiger partial charge in [-0.25, -0.2) is 13.1 Å². The summed E-state index contributed by atoms with van der Waals surface area (Å²) < 4.78 is 27.7. The summed E-state index contributed by atoms with van der Waals surface area (Å²) in [5.41, 5.74) is 0.411. The van der Waals surface area contributed by atoms with Gasteiger partial charge in [0.25, 0.3) is 0 Å². The molecule has 1 aromatic rings. The van der Waals surface area contributed by atoms with Gasteiger partial charge in [0.15, 0.2) is 0 Å². The number of aliphatic hydroxyl groups excluding tert-OH is 1. The van der Waals surface area contributed by atoms with Crippen molar-refractivity contribution in [1.82, 2.24) is 4.72 Å². The quantitative estimate of drug-likeness (QED) is 0.898. The summed E-state index contributed by atoms with van der Waals surface area (Å²) in [5.74, 6) is 0. The number of hydrogen-bond donors (Lipinski definition) is 2. The van der Waals surface area contributed by atoms with Crippen LogP contribution in [-0.4, -0.2) is 25.7 Å². The molecular formula is C16H25NO3S. The van der Waals surface area contributed by atoms with Crippen LogP contribution in [-0.2, 0) is 15.4 Å². The van der Waals surface area contributed by atoms with E-state index in [2.05, 4.69) is 25.5 Å². The molecule has 0 atom stereocenters. The molecule has 4 nitrogen and oxygen atoms in total. The Balaban J connectivity index is 2.24. The molecule has 0 aliphatic heterocycles. The zero-order valence-corrected chi connectivity index (χ0v) is 13.8.